The van der Waals surface area contributed by atoms with E-state index in [-0.39, 0.29) is 60.7 Å². The third-order valence-electron chi connectivity index (χ3n) is 10.6. The lowest BCUT2D eigenvalue weighted by atomic mass is 9.74. The maximum absolute atomic E-state index is 14.9. The number of amides is 1. The third-order valence-corrected chi connectivity index (χ3v) is 15.9. The summed E-state index contributed by atoms with van der Waals surface area (Å²) in [5, 5.41) is 4.10. The summed E-state index contributed by atoms with van der Waals surface area (Å²) in [5.41, 5.74) is -5.20. The highest BCUT2D eigenvalue weighted by Gasteiger charge is 2.64. The number of carbonyl (C=O) groups is 2. The summed E-state index contributed by atoms with van der Waals surface area (Å²) < 4.78 is 100. The van der Waals surface area contributed by atoms with Crippen LogP contribution in [0.1, 0.15) is 107 Å². The van der Waals surface area contributed by atoms with E-state index in [1.165, 1.54) is 12.4 Å². The highest BCUT2D eigenvalue weighted by atomic mass is 35.5. The molecule has 0 aliphatic heterocycles. The molecule has 50 heavy (non-hydrogen) atoms. The van der Waals surface area contributed by atoms with Gasteiger partial charge in [0, 0.05) is 24.5 Å². The Kier molecular flexibility index (Phi) is 12.4. The van der Waals surface area contributed by atoms with Crippen molar-refractivity contribution in [3.05, 3.63) is 45.5 Å². The molecule has 0 spiro atoms. The molecule has 280 valence electrons. The SMILES string of the molecule is CCOC(=O)[C@]1(C)CC[C@@H](n2ncc(C(=O)N(CC(O[Si](CC)(CC)CC)c3c(Cl)cncc3Cl)CC3(C(F)(F)F)CC3)c2C(F)(F)F)CC1. The van der Waals surface area contributed by atoms with Crippen LogP contribution in [0.3, 0.4) is 0 Å². The predicted octanol–water partition coefficient (Wildman–Crippen LogP) is 9.84. The van der Waals surface area contributed by atoms with E-state index in [1.807, 2.05) is 20.8 Å². The molecule has 2 aromatic heterocycles. The number of alkyl halides is 6. The van der Waals surface area contributed by atoms with Crippen molar-refractivity contribution < 1.29 is 45.1 Å². The van der Waals surface area contributed by atoms with E-state index in [0.29, 0.717) is 18.1 Å². The minimum absolute atomic E-state index is 0.0500. The summed E-state index contributed by atoms with van der Waals surface area (Å²) in [6.45, 7) is 7.89. The van der Waals surface area contributed by atoms with Gasteiger partial charge in [0.1, 0.15) is 0 Å². The minimum Gasteiger partial charge on any atom is -0.466 e. The lowest BCUT2D eigenvalue weighted by molar-refractivity contribution is -0.190. The van der Waals surface area contributed by atoms with Gasteiger partial charge in [-0.2, -0.15) is 31.4 Å². The number of esters is 1. The number of carbonyl (C=O) groups excluding carboxylic acids is 2. The molecule has 0 radical (unpaired) electrons. The Labute approximate surface area is 299 Å². The summed E-state index contributed by atoms with van der Waals surface area (Å²) in [5.74, 6) is -1.70. The van der Waals surface area contributed by atoms with Gasteiger partial charge >= 0.3 is 18.3 Å². The van der Waals surface area contributed by atoms with Crippen LogP contribution < -0.4 is 0 Å². The van der Waals surface area contributed by atoms with Crippen molar-refractivity contribution in [3.63, 3.8) is 0 Å². The maximum Gasteiger partial charge on any atom is 0.433 e. The normalized spacial score (nSPS) is 21.5. The van der Waals surface area contributed by atoms with E-state index in [4.69, 9.17) is 32.4 Å². The number of ether oxygens (including phenoxy) is 1. The van der Waals surface area contributed by atoms with Crippen LogP contribution >= 0.6 is 23.2 Å². The zero-order chi connectivity index (χ0) is 37.3. The number of hydrogen-bond acceptors (Lipinski definition) is 6. The fourth-order valence-corrected chi connectivity index (χ4v) is 10.3. The molecule has 17 heteroatoms. The molecule has 0 N–H and O–H groups in total. The summed E-state index contributed by atoms with van der Waals surface area (Å²) in [4.78, 5) is 31.6. The quantitative estimate of drug-likeness (QED) is 0.108. The van der Waals surface area contributed by atoms with E-state index >= 15 is 0 Å². The molecule has 2 aromatic rings. The number of pyridine rings is 1. The van der Waals surface area contributed by atoms with Crippen LogP contribution in [0.15, 0.2) is 18.6 Å². The van der Waals surface area contributed by atoms with Crippen LogP contribution in [0.4, 0.5) is 26.3 Å². The lowest BCUT2D eigenvalue weighted by Gasteiger charge is -2.38. The molecule has 0 saturated heterocycles. The van der Waals surface area contributed by atoms with Crippen LogP contribution in [-0.4, -0.2) is 65.7 Å². The molecule has 4 rings (SSSR count). The van der Waals surface area contributed by atoms with E-state index in [0.717, 1.165) is 15.8 Å². The Bertz CT molecular complexity index is 1490. The van der Waals surface area contributed by atoms with Gasteiger partial charge < -0.3 is 14.1 Å². The van der Waals surface area contributed by atoms with Gasteiger partial charge in [0.2, 0.25) is 0 Å². The van der Waals surface area contributed by atoms with Crippen molar-refractivity contribution in [2.24, 2.45) is 10.8 Å². The van der Waals surface area contributed by atoms with E-state index in [1.54, 1.807) is 13.8 Å². The molecule has 8 nitrogen and oxygen atoms in total. The van der Waals surface area contributed by atoms with Gasteiger partial charge in [0.15, 0.2) is 14.0 Å². The van der Waals surface area contributed by atoms with Gasteiger partial charge in [0.05, 0.1) is 57.9 Å². The van der Waals surface area contributed by atoms with Gasteiger partial charge in [0.25, 0.3) is 5.91 Å². The summed E-state index contributed by atoms with van der Waals surface area (Å²) in [6, 6.07) is 1.06. The largest absolute Gasteiger partial charge is 0.466 e. The molecule has 1 amide bonds. The first-order valence-electron chi connectivity index (χ1n) is 17.0. The van der Waals surface area contributed by atoms with Gasteiger partial charge in [-0.25, -0.2) is 0 Å². The molecule has 1 atom stereocenters. The Morgan fingerprint density at radius 3 is 2.00 bits per heavy atom. The third kappa shape index (κ3) is 8.30. The average Bonchev–Trinajstić information content (AvgIpc) is 3.71. The number of hydrogen-bond donors (Lipinski definition) is 0. The second kappa shape index (κ2) is 15.3. The molecular weight excluding hydrogens is 729 g/mol. The molecule has 2 heterocycles. The van der Waals surface area contributed by atoms with E-state index in [2.05, 4.69) is 10.1 Å². The smallest absolute Gasteiger partial charge is 0.433 e. The summed E-state index contributed by atoms with van der Waals surface area (Å²) in [6.07, 6.45) is -7.44. The second-order valence-corrected chi connectivity index (χ2v) is 19.2. The molecule has 2 aliphatic carbocycles. The second-order valence-electron chi connectivity index (χ2n) is 13.7. The minimum atomic E-state index is -5.08. The summed E-state index contributed by atoms with van der Waals surface area (Å²) in [7, 11) is -2.58. The standard InChI is InChI=1S/C33H44Cl2F6N4O4Si/c1-6-48-29(47)30(5)12-10-21(11-13-30)45-27(32(36,37)38)22(16-43-45)28(46)44(20-31(14-15-31)33(39,40)41)19-25(49-50(7-2,8-3)9-4)26-23(34)17-42-18-24(26)35/h16-18,21,25H,6-15,19-20H2,1-5H3/t21-,25?,30-. The first-order chi connectivity index (χ1) is 23.3. The number of aromatic nitrogens is 3. The van der Waals surface area contributed by atoms with Crippen molar-refractivity contribution in [2.45, 2.75) is 116 Å². The number of rotatable bonds is 14. The van der Waals surface area contributed by atoms with Crippen LogP contribution in [0.2, 0.25) is 28.2 Å². The molecule has 0 aromatic carbocycles. The van der Waals surface area contributed by atoms with Crippen LogP contribution in [0.25, 0.3) is 0 Å². The first kappa shape index (κ1) is 40.4. The number of halogens is 8. The van der Waals surface area contributed by atoms with Gasteiger partial charge in [-0.05, 0) is 70.5 Å². The van der Waals surface area contributed by atoms with Crippen LogP contribution in [-0.2, 0) is 20.1 Å². The van der Waals surface area contributed by atoms with Crippen molar-refractivity contribution in [1.29, 1.82) is 0 Å². The number of nitrogens with zero attached hydrogens (tertiary/aromatic N) is 4. The van der Waals surface area contributed by atoms with Crippen LogP contribution in [0, 0.1) is 10.8 Å². The monoisotopic (exact) mass is 772 g/mol. The Hall–Kier alpha value is -2.36. The molecule has 2 fully saturated rings. The molecule has 1 unspecified atom stereocenters. The zero-order valence-corrected chi connectivity index (χ0v) is 31.3. The summed E-state index contributed by atoms with van der Waals surface area (Å²) >= 11 is 13.1. The molecule has 0 bridgehead atoms. The highest BCUT2D eigenvalue weighted by molar-refractivity contribution is 6.73. The van der Waals surface area contributed by atoms with Crippen molar-refractivity contribution in [2.75, 3.05) is 19.7 Å². The first-order valence-corrected chi connectivity index (χ1v) is 20.2. The van der Waals surface area contributed by atoms with Crippen molar-refractivity contribution >= 4 is 43.4 Å². The van der Waals surface area contributed by atoms with Gasteiger partial charge in [-0.15, -0.1) is 0 Å². The Morgan fingerprint density at radius 2 is 1.54 bits per heavy atom. The van der Waals surface area contributed by atoms with E-state index in [9.17, 15) is 35.9 Å². The molecule has 2 saturated carbocycles. The maximum atomic E-state index is 14.9. The zero-order valence-electron chi connectivity index (χ0n) is 28.8. The van der Waals surface area contributed by atoms with Crippen LogP contribution in [0.5, 0.6) is 0 Å². The fraction of sp³-hybridized carbons (Fsp3) is 0.697. The van der Waals surface area contributed by atoms with Crippen molar-refractivity contribution in [1.82, 2.24) is 19.7 Å². The topological polar surface area (TPSA) is 86.6 Å². The van der Waals surface area contributed by atoms with E-state index < -0.39 is 79.9 Å². The fourth-order valence-electron chi connectivity index (χ4n) is 6.93. The average molecular weight is 774 g/mol. The Balaban J connectivity index is 1.79. The Morgan fingerprint density at radius 1 is 0.980 bits per heavy atom. The van der Waals surface area contributed by atoms with Crippen molar-refractivity contribution in [3.8, 4) is 0 Å². The predicted molar refractivity (Wildman–Crippen MR) is 178 cm³/mol. The lowest BCUT2D eigenvalue weighted by Crippen LogP contribution is -2.46. The molecule has 2 aliphatic rings. The van der Waals surface area contributed by atoms with Gasteiger partial charge in [-0.3, -0.25) is 19.3 Å². The van der Waals surface area contributed by atoms with Gasteiger partial charge in [-0.1, -0.05) is 44.0 Å². The molecular formula is C33H44Cl2F6N4O4Si. The highest BCUT2D eigenvalue weighted by Crippen LogP contribution is 2.58.